The van der Waals surface area contributed by atoms with Crippen molar-refractivity contribution in [3.63, 3.8) is 0 Å². The number of rotatable bonds is 3. The standard InChI is InChI=1S/C18H33N5O2.HI/c1-5-21-8-6-7-14(21)11-19-16-20-12-15-13-22(9-10-23(15)16)17(24)25-18(2,3)4;/h14-15H,5-13H2,1-4H3,(H,19,20);1H. The van der Waals surface area contributed by atoms with Gasteiger partial charge in [0.1, 0.15) is 5.60 Å². The third-order valence-corrected chi connectivity index (χ3v) is 5.26. The van der Waals surface area contributed by atoms with Crippen LogP contribution in [-0.2, 0) is 4.74 Å². The van der Waals surface area contributed by atoms with Crippen LogP contribution in [0.1, 0.15) is 40.5 Å². The number of hydrogen-bond donors (Lipinski definition) is 1. The van der Waals surface area contributed by atoms with Gasteiger partial charge in [-0.2, -0.15) is 0 Å². The predicted molar refractivity (Wildman–Crippen MR) is 114 cm³/mol. The molecule has 0 bridgehead atoms. The zero-order chi connectivity index (χ0) is 18.0. The Bertz CT molecular complexity index is 522. The predicted octanol–water partition coefficient (Wildman–Crippen LogP) is 1.97. The van der Waals surface area contributed by atoms with Crippen LogP contribution in [0.15, 0.2) is 4.99 Å². The summed E-state index contributed by atoms with van der Waals surface area (Å²) in [6.07, 6.45) is 2.35. The third kappa shape index (κ3) is 5.15. The molecule has 0 saturated carbocycles. The van der Waals surface area contributed by atoms with Gasteiger partial charge in [0, 0.05) is 32.2 Å². The first-order valence-electron chi connectivity index (χ1n) is 9.64. The van der Waals surface area contributed by atoms with Gasteiger partial charge in [-0.1, -0.05) is 6.92 Å². The van der Waals surface area contributed by atoms with Crippen molar-refractivity contribution in [2.75, 3.05) is 45.8 Å². The first kappa shape index (κ1) is 21.5. The van der Waals surface area contributed by atoms with Crippen molar-refractivity contribution in [3.05, 3.63) is 0 Å². The number of nitrogens with one attached hydrogen (secondary N) is 1. The van der Waals surface area contributed by atoms with Crippen LogP contribution in [0.4, 0.5) is 4.79 Å². The molecule has 2 unspecified atom stereocenters. The molecule has 3 aliphatic rings. The quantitative estimate of drug-likeness (QED) is 0.628. The molecule has 2 atom stereocenters. The first-order chi connectivity index (χ1) is 11.9. The number of halogens is 1. The van der Waals surface area contributed by atoms with Gasteiger partial charge in [0.2, 0.25) is 0 Å². The van der Waals surface area contributed by atoms with E-state index in [2.05, 4.69) is 22.0 Å². The molecule has 0 spiro atoms. The van der Waals surface area contributed by atoms with Crippen LogP contribution < -0.4 is 5.32 Å². The summed E-state index contributed by atoms with van der Waals surface area (Å²) in [5, 5.41) is 3.57. The molecule has 26 heavy (non-hydrogen) atoms. The molecule has 3 heterocycles. The van der Waals surface area contributed by atoms with E-state index >= 15 is 0 Å². The summed E-state index contributed by atoms with van der Waals surface area (Å²) in [6, 6.07) is 0.893. The van der Waals surface area contributed by atoms with Crippen molar-refractivity contribution in [2.24, 2.45) is 4.99 Å². The van der Waals surface area contributed by atoms with Gasteiger partial charge in [-0.15, -0.1) is 24.0 Å². The minimum Gasteiger partial charge on any atom is -0.444 e. The van der Waals surface area contributed by atoms with Crippen LogP contribution in [0.3, 0.4) is 0 Å². The van der Waals surface area contributed by atoms with Crippen LogP contribution in [0, 0.1) is 0 Å². The summed E-state index contributed by atoms with van der Waals surface area (Å²) >= 11 is 0. The lowest BCUT2D eigenvalue weighted by molar-refractivity contribution is 0.0137. The van der Waals surface area contributed by atoms with E-state index in [4.69, 9.17) is 9.73 Å². The molecule has 2 fully saturated rings. The summed E-state index contributed by atoms with van der Waals surface area (Å²) in [6.45, 7) is 14.2. The van der Waals surface area contributed by atoms with E-state index in [-0.39, 0.29) is 36.1 Å². The number of carbonyl (C=O) groups is 1. The maximum atomic E-state index is 12.3. The van der Waals surface area contributed by atoms with Crippen LogP contribution in [0.25, 0.3) is 0 Å². The molecule has 150 valence electrons. The second-order valence-electron chi connectivity index (χ2n) is 8.24. The SMILES string of the molecule is CCN1CCCC1CNC1=NCC2CN(C(=O)OC(C)(C)C)CCN12.I. The molecule has 0 aromatic rings. The number of piperazine rings is 1. The van der Waals surface area contributed by atoms with Crippen molar-refractivity contribution in [2.45, 2.75) is 58.2 Å². The van der Waals surface area contributed by atoms with E-state index in [0.29, 0.717) is 19.1 Å². The number of carbonyl (C=O) groups excluding carboxylic acids is 1. The Morgan fingerprint density at radius 3 is 2.77 bits per heavy atom. The highest BCUT2D eigenvalue weighted by atomic mass is 127. The average molecular weight is 479 g/mol. The molecule has 1 amide bonds. The highest BCUT2D eigenvalue weighted by Gasteiger charge is 2.36. The fourth-order valence-electron chi connectivity index (χ4n) is 3.97. The van der Waals surface area contributed by atoms with Crippen molar-refractivity contribution in [3.8, 4) is 0 Å². The normalized spacial score (nSPS) is 26.2. The average Bonchev–Trinajstić information content (AvgIpc) is 3.16. The molecule has 0 radical (unpaired) electrons. The van der Waals surface area contributed by atoms with Gasteiger partial charge in [0.05, 0.1) is 12.6 Å². The van der Waals surface area contributed by atoms with E-state index in [0.717, 1.165) is 32.1 Å². The van der Waals surface area contributed by atoms with Crippen molar-refractivity contribution in [1.29, 1.82) is 0 Å². The van der Waals surface area contributed by atoms with Crippen molar-refractivity contribution in [1.82, 2.24) is 20.0 Å². The minimum atomic E-state index is -0.445. The minimum absolute atomic E-state index is 0. The van der Waals surface area contributed by atoms with Gasteiger partial charge in [-0.3, -0.25) is 9.89 Å². The maximum Gasteiger partial charge on any atom is 0.410 e. The first-order valence-corrected chi connectivity index (χ1v) is 9.64. The lowest BCUT2D eigenvalue weighted by Crippen LogP contribution is -2.58. The molecule has 0 aliphatic carbocycles. The number of aliphatic imine (C=N–C) groups is 1. The number of hydrogen-bond acceptors (Lipinski definition) is 6. The van der Waals surface area contributed by atoms with Gasteiger partial charge >= 0.3 is 6.09 Å². The van der Waals surface area contributed by atoms with Crippen LogP contribution in [-0.4, -0.2) is 90.3 Å². The fourth-order valence-corrected chi connectivity index (χ4v) is 3.97. The smallest absolute Gasteiger partial charge is 0.410 e. The van der Waals surface area contributed by atoms with E-state index in [1.165, 1.54) is 19.4 Å². The summed E-state index contributed by atoms with van der Waals surface area (Å²) in [7, 11) is 0. The van der Waals surface area contributed by atoms with Gasteiger partial charge in [-0.05, 0) is 46.7 Å². The number of guanidine groups is 1. The Hall–Kier alpha value is -0.770. The second kappa shape index (κ2) is 8.95. The molecule has 2 saturated heterocycles. The summed E-state index contributed by atoms with van der Waals surface area (Å²) < 4.78 is 5.50. The topological polar surface area (TPSA) is 60.4 Å². The van der Waals surface area contributed by atoms with E-state index in [1.807, 2.05) is 25.7 Å². The number of nitrogens with zero attached hydrogens (tertiary/aromatic N) is 4. The molecular formula is C18H34IN5O2. The Balaban J connectivity index is 0.00000243. The van der Waals surface area contributed by atoms with E-state index in [1.54, 1.807) is 0 Å². The molecule has 0 aromatic carbocycles. The third-order valence-electron chi connectivity index (χ3n) is 5.26. The van der Waals surface area contributed by atoms with Crippen molar-refractivity contribution < 1.29 is 9.53 Å². The van der Waals surface area contributed by atoms with Crippen LogP contribution in [0.2, 0.25) is 0 Å². The lowest BCUT2D eigenvalue weighted by Gasteiger charge is -2.39. The largest absolute Gasteiger partial charge is 0.444 e. The number of likely N-dealkylation sites (N-methyl/N-ethyl adjacent to an activating group) is 1. The number of likely N-dealkylation sites (tertiary alicyclic amines) is 1. The van der Waals surface area contributed by atoms with Gasteiger partial charge in [-0.25, -0.2) is 4.79 Å². The molecular weight excluding hydrogens is 445 g/mol. The monoisotopic (exact) mass is 479 g/mol. The van der Waals surface area contributed by atoms with E-state index < -0.39 is 5.60 Å². The Kier molecular flexibility index (Phi) is 7.41. The zero-order valence-electron chi connectivity index (χ0n) is 16.5. The van der Waals surface area contributed by atoms with Gasteiger partial charge in [0.25, 0.3) is 0 Å². The molecule has 1 N–H and O–H groups in total. The second-order valence-corrected chi connectivity index (χ2v) is 8.24. The summed E-state index contributed by atoms with van der Waals surface area (Å²) in [5.74, 6) is 1.01. The van der Waals surface area contributed by atoms with Gasteiger partial charge in [0.15, 0.2) is 5.96 Å². The van der Waals surface area contributed by atoms with E-state index in [9.17, 15) is 4.79 Å². The molecule has 8 heteroatoms. The number of amides is 1. The Labute approximate surface area is 174 Å². The molecule has 3 rings (SSSR count). The zero-order valence-corrected chi connectivity index (χ0v) is 18.9. The Morgan fingerprint density at radius 1 is 1.31 bits per heavy atom. The highest BCUT2D eigenvalue weighted by Crippen LogP contribution is 2.20. The van der Waals surface area contributed by atoms with Crippen molar-refractivity contribution >= 4 is 36.0 Å². The van der Waals surface area contributed by atoms with Crippen LogP contribution in [0.5, 0.6) is 0 Å². The maximum absolute atomic E-state index is 12.3. The highest BCUT2D eigenvalue weighted by molar-refractivity contribution is 14.0. The Morgan fingerprint density at radius 2 is 2.08 bits per heavy atom. The lowest BCUT2D eigenvalue weighted by atomic mass is 10.2. The molecule has 3 aliphatic heterocycles. The summed E-state index contributed by atoms with van der Waals surface area (Å²) in [4.78, 5) is 23.7. The molecule has 7 nitrogen and oxygen atoms in total. The fraction of sp³-hybridized carbons (Fsp3) is 0.889. The molecule has 0 aromatic heterocycles. The van der Waals surface area contributed by atoms with Gasteiger partial charge < -0.3 is 19.9 Å². The number of ether oxygens (including phenoxy) is 1. The number of fused-ring (bicyclic) bond motifs is 1. The van der Waals surface area contributed by atoms with Crippen LogP contribution >= 0.6 is 24.0 Å². The summed E-state index contributed by atoms with van der Waals surface area (Å²) in [5.41, 5.74) is -0.445.